The van der Waals surface area contributed by atoms with E-state index in [9.17, 15) is 9.59 Å². The first-order chi connectivity index (χ1) is 20.0. The monoisotopic (exact) mass is 590 g/mol. The minimum atomic E-state index is -0.231. The van der Waals surface area contributed by atoms with Gasteiger partial charge in [0.25, 0.3) is 0 Å². The normalized spacial score (nSPS) is 11.8. The standard InChI is InChI=1S/C27H30N10O2S2/c1-4-20(30-5-2)18(14-28-3)13-23(39)33-27-37-35-25(41-27)9-7-6-8-24-34-36-26(40-24)32-22(38)12-17-15-31-21-10-11-29-16-19(17)21/h4-5,10-11,14-16,30-31H,1-2,6-9,12-13H2,3H3,(H,32,36,38)(H,33,37,39)/b20-18+,28-14-. The number of rotatable bonds is 15. The van der Waals surface area contributed by atoms with E-state index < -0.39 is 0 Å². The number of amides is 2. The molecular weight excluding hydrogens is 560 g/mol. The Hall–Kier alpha value is -4.56. The number of fused-ring (bicyclic) bond motifs is 1. The smallest absolute Gasteiger partial charge is 0.230 e. The Labute approximate surface area is 244 Å². The van der Waals surface area contributed by atoms with Crippen LogP contribution in [0.4, 0.5) is 10.3 Å². The summed E-state index contributed by atoms with van der Waals surface area (Å²) in [5, 5.41) is 28.7. The maximum Gasteiger partial charge on any atom is 0.230 e. The summed E-state index contributed by atoms with van der Waals surface area (Å²) in [4.78, 5) is 36.3. The molecule has 0 unspecified atom stereocenters. The molecule has 4 aromatic rings. The fraction of sp³-hybridized carbons (Fsp3) is 0.259. The molecule has 14 heteroatoms. The zero-order chi connectivity index (χ0) is 29.0. The van der Waals surface area contributed by atoms with Crippen molar-refractivity contribution < 1.29 is 9.59 Å². The molecule has 0 aliphatic heterocycles. The SMILES string of the molecule is C=CN/C(C=C)=C(/C=N\C)CC(=O)Nc1nnc(CCCCc2nnc(NC(=O)Cc3c[nH]c4ccncc34)s2)s1. The van der Waals surface area contributed by atoms with Gasteiger partial charge >= 0.3 is 0 Å². The predicted molar refractivity (Wildman–Crippen MR) is 163 cm³/mol. The molecule has 0 saturated carbocycles. The largest absolute Gasteiger partial charge is 0.362 e. The lowest BCUT2D eigenvalue weighted by Crippen LogP contribution is -2.16. The Morgan fingerprint density at radius 1 is 1.02 bits per heavy atom. The van der Waals surface area contributed by atoms with Crippen LogP contribution in [-0.2, 0) is 28.9 Å². The number of nitrogens with zero attached hydrogens (tertiary/aromatic N) is 6. The molecule has 4 N–H and O–H groups in total. The highest BCUT2D eigenvalue weighted by Crippen LogP contribution is 2.22. The van der Waals surface area contributed by atoms with Crippen LogP contribution in [0.15, 0.2) is 66.4 Å². The van der Waals surface area contributed by atoms with Gasteiger partial charge in [-0.05, 0) is 36.7 Å². The molecule has 0 aromatic carbocycles. The molecule has 2 amide bonds. The lowest BCUT2D eigenvalue weighted by molar-refractivity contribution is -0.116. The minimum Gasteiger partial charge on any atom is -0.362 e. The lowest BCUT2D eigenvalue weighted by atomic mass is 10.1. The lowest BCUT2D eigenvalue weighted by Gasteiger charge is -2.08. The first-order valence-corrected chi connectivity index (χ1v) is 14.4. The Bertz CT molecular complexity index is 1580. The molecule has 12 nitrogen and oxygen atoms in total. The Morgan fingerprint density at radius 2 is 1.71 bits per heavy atom. The van der Waals surface area contributed by atoms with Crippen molar-refractivity contribution in [3.63, 3.8) is 0 Å². The molecule has 41 heavy (non-hydrogen) atoms. The fourth-order valence-electron chi connectivity index (χ4n) is 3.96. The van der Waals surface area contributed by atoms with Crippen LogP contribution in [0.25, 0.3) is 10.9 Å². The van der Waals surface area contributed by atoms with Crippen molar-refractivity contribution in [3.05, 3.63) is 76.9 Å². The number of allylic oxidation sites excluding steroid dienone is 1. The molecule has 0 fully saturated rings. The predicted octanol–water partition coefficient (Wildman–Crippen LogP) is 4.21. The Morgan fingerprint density at radius 3 is 2.34 bits per heavy atom. The average Bonchev–Trinajstić information content (AvgIpc) is 3.70. The van der Waals surface area contributed by atoms with E-state index in [0.29, 0.717) is 21.5 Å². The maximum atomic E-state index is 12.6. The Balaban J connectivity index is 1.19. The summed E-state index contributed by atoms with van der Waals surface area (Å²) in [5.74, 6) is -0.387. The molecule has 0 aliphatic rings. The molecule has 0 bridgehead atoms. The van der Waals surface area contributed by atoms with Crippen molar-refractivity contribution in [1.82, 2.24) is 35.7 Å². The Kier molecular flexibility index (Phi) is 10.6. The molecule has 0 radical (unpaired) electrons. The molecular formula is C27H30N10O2S2. The number of hydrogen-bond donors (Lipinski definition) is 4. The van der Waals surface area contributed by atoms with Crippen LogP contribution in [0, 0.1) is 0 Å². The maximum absolute atomic E-state index is 12.6. The zero-order valence-electron chi connectivity index (χ0n) is 22.5. The minimum absolute atomic E-state index is 0.0965. The molecule has 0 spiro atoms. The number of anilines is 2. The molecule has 0 atom stereocenters. The van der Waals surface area contributed by atoms with Gasteiger partial charge in [0.2, 0.25) is 22.1 Å². The number of nitrogens with one attached hydrogen (secondary N) is 4. The van der Waals surface area contributed by atoms with Crippen molar-refractivity contribution in [2.24, 2.45) is 4.99 Å². The number of aromatic amines is 1. The number of unbranched alkanes of at least 4 members (excludes halogenated alkanes) is 1. The van der Waals surface area contributed by atoms with Crippen molar-refractivity contribution >= 4 is 61.9 Å². The average molecular weight is 591 g/mol. The number of H-pyrrole nitrogens is 1. The first-order valence-electron chi connectivity index (χ1n) is 12.8. The number of aryl methyl sites for hydroxylation is 2. The third kappa shape index (κ3) is 8.46. The number of aliphatic imine (C=N–C) groups is 1. The van der Waals surface area contributed by atoms with E-state index in [1.54, 1.807) is 31.7 Å². The number of aromatic nitrogens is 6. The molecule has 0 saturated heterocycles. The number of carbonyl (C=O) groups is 2. The van der Waals surface area contributed by atoms with Gasteiger partial charge in [0.1, 0.15) is 10.0 Å². The van der Waals surface area contributed by atoms with E-state index in [1.165, 1.54) is 28.9 Å². The van der Waals surface area contributed by atoms with Crippen LogP contribution in [-0.4, -0.2) is 55.4 Å². The first kappa shape index (κ1) is 29.4. The summed E-state index contributed by atoms with van der Waals surface area (Å²) in [6.45, 7) is 7.40. The second-order valence-electron chi connectivity index (χ2n) is 8.77. The van der Waals surface area contributed by atoms with E-state index in [0.717, 1.165) is 52.2 Å². The summed E-state index contributed by atoms with van der Waals surface area (Å²) in [5.41, 5.74) is 3.16. The van der Waals surface area contributed by atoms with Gasteiger partial charge in [-0.1, -0.05) is 35.8 Å². The number of carbonyl (C=O) groups excluding carboxylic acids is 2. The van der Waals surface area contributed by atoms with Crippen molar-refractivity contribution in [2.45, 2.75) is 38.5 Å². The van der Waals surface area contributed by atoms with Gasteiger partial charge in [-0.2, -0.15) is 0 Å². The second kappa shape index (κ2) is 14.7. The third-order valence-corrected chi connectivity index (χ3v) is 7.62. The van der Waals surface area contributed by atoms with Crippen molar-refractivity contribution in [3.8, 4) is 0 Å². The third-order valence-electron chi connectivity index (χ3n) is 5.82. The van der Waals surface area contributed by atoms with E-state index >= 15 is 0 Å². The second-order valence-corrected chi connectivity index (χ2v) is 10.9. The van der Waals surface area contributed by atoms with Gasteiger partial charge in [-0.25, -0.2) is 0 Å². The van der Waals surface area contributed by atoms with Crippen LogP contribution in [0.1, 0.15) is 34.8 Å². The van der Waals surface area contributed by atoms with Crippen LogP contribution < -0.4 is 16.0 Å². The topological polar surface area (TPSA) is 163 Å². The molecule has 4 heterocycles. The van der Waals surface area contributed by atoms with Gasteiger partial charge in [0.05, 0.1) is 12.8 Å². The molecule has 0 aliphatic carbocycles. The van der Waals surface area contributed by atoms with Gasteiger partial charge < -0.3 is 20.9 Å². The number of pyridine rings is 1. The van der Waals surface area contributed by atoms with E-state index in [1.807, 2.05) is 12.3 Å². The summed E-state index contributed by atoms with van der Waals surface area (Å²) in [6.07, 6.45) is 13.5. The molecule has 212 valence electrons. The van der Waals surface area contributed by atoms with E-state index in [2.05, 4.69) is 64.5 Å². The van der Waals surface area contributed by atoms with Crippen LogP contribution in [0.2, 0.25) is 0 Å². The van der Waals surface area contributed by atoms with E-state index in [4.69, 9.17) is 0 Å². The van der Waals surface area contributed by atoms with Crippen LogP contribution in [0.5, 0.6) is 0 Å². The summed E-state index contributed by atoms with van der Waals surface area (Å²) >= 11 is 2.72. The van der Waals surface area contributed by atoms with Gasteiger partial charge in [0, 0.05) is 66.9 Å². The van der Waals surface area contributed by atoms with Gasteiger partial charge in [-0.15, -0.1) is 20.4 Å². The fourth-order valence-corrected chi connectivity index (χ4v) is 5.56. The zero-order valence-corrected chi connectivity index (χ0v) is 24.1. The van der Waals surface area contributed by atoms with Crippen molar-refractivity contribution in [2.75, 3.05) is 17.7 Å². The highest BCUT2D eigenvalue weighted by atomic mass is 32.1. The van der Waals surface area contributed by atoms with Crippen LogP contribution in [0.3, 0.4) is 0 Å². The summed E-state index contributed by atoms with van der Waals surface area (Å²) in [7, 11) is 1.64. The molecule has 4 rings (SSSR count). The number of hydrogen-bond acceptors (Lipinski definition) is 11. The highest BCUT2D eigenvalue weighted by molar-refractivity contribution is 7.15. The van der Waals surface area contributed by atoms with E-state index in [-0.39, 0.29) is 24.7 Å². The summed E-state index contributed by atoms with van der Waals surface area (Å²) in [6, 6.07) is 1.87. The highest BCUT2D eigenvalue weighted by Gasteiger charge is 2.14. The quantitative estimate of drug-likeness (QED) is 0.0909. The molecule has 4 aromatic heterocycles. The van der Waals surface area contributed by atoms with Gasteiger partial charge in [-0.3, -0.25) is 19.6 Å². The van der Waals surface area contributed by atoms with Gasteiger partial charge in [0.15, 0.2) is 0 Å². The van der Waals surface area contributed by atoms with Crippen LogP contribution >= 0.6 is 22.7 Å². The van der Waals surface area contributed by atoms with Crippen molar-refractivity contribution in [1.29, 1.82) is 0 Å². The summed E-state index contributed by atoms with van der Waals surface area (Å²) < 4.78 is 0.